The van der Waals surface area contributed by atoms with E-state index in [0.717, 1.165) is 46.7 Å². The number of amides is 2. The summed E-state index contributed by atoms with van der Waals surface area (Å²) in [5.41, 5.74) is 3.88. The average molecular weight is 534 g/mol. The van der Waals surface area contributed by atoms with Crippen molar-refractivity contribution in [3.63, 3.8) is 0 Å². The van der Waals surface area contributed by atoms with Gasteiger partial charge in [-0.3, -0.25) is 13.9 Å². The number of para-hydroxylation sites is 1. The van der Waals surface area contributed by atoms with Gasteiger partial charge in [-0.15, -0.1) is 0 Å². The van der Waals surface area contributed by atoms with Crippen molar-refractivity contribution in [2.45, 2.75) is 51.3 Å². The van der Waals surface area contributed by atoms with Gasteiger partial charge < -0.3 is 10.2 Å². The molecule has 1 aliphatic rings. The maximum atomic E-state index is 13.8. The number of carbonyl (C=O) groups is 2. The molecule has 0 aliphatic carbocycles. The van der Waals surface area contributed by atoms with Crippen LogP contribution in [-0.2, 0) is 14.8 Å². The third kappa shape index (κ3) is 6.25. The quantitative estimate of drug-likeness (QED) is 0.437. The van der Waals surface area contributed by atoms with E-state index >= 15 is 0 Å². The van der Waals surface area contributed by atoms with Gasteiger partial charge in [-0.05, 0) is 69.5 Å². The maximum absolute atomic E-state index is 13.8. The molecule has 0 radical (unpaired) electrons. The molecule has 3 aromatic rings. The van der Waals surface area contributed by atoms with Crippen LogP contribution in [0.1, 0.15) is 52.7 Å². The minimum Gasteiger partial charge on any atom is -0.339 e. The normalized spacial score (nSPS) is 14.0. The first-order valence-electron chi connectivity index (χ1n) is 13.0. The first-order valence-corrected chi connectivity index (χ1v) is 14.5. The Bertz CT molecular complexity index is 1410. The molecular weight excluding hydrogens is 498 g/mol. The molecule has 0 bridgehead atoms. The van der Waals surface area contributed by atoms with Gasteiger partial charge in [-0.1, -0.05) is 60.4 Å². The van der Waals surface area contributed by atoms with Crippen LogP contribution in [0.3, 0.4) is 0 Å². The highest BCUT2D eigenvalue weighted by Crippen LogP contribution is 2.28. The molecule has 1 saturated heterocycles. The Kier molecular flexibility index (Phi) is 8.52. The summed E-state index contributed by atoms with van der Waals surface area (Å²) in [4.78, 5) is 28.6. The molecule has 1 heterocycles. The summed E-state index contributed by atoms with van der Waals surface area (Å²) < 4.78 is 28.7. The molecule has 0 saturated carbocycles. The van der Waals surface area contributed by atoms with Crippen molar-refractivity contribution >= 4 is 33.2 Å². The number of carbonyl (C=O) groups excluding carboxylic acids is 2. The second kappa shape index (κ2) is 11.8. The SMILES string of the molecule is Cc1ccc(S(=O)(=O)N(CC(=O)Nc2ccccc2C(=O)N2CCCCCC2)c2ccc(C)cc2C)cc1. The van der Waals surface area contributed by atoms with Crippen molar-refractivity contribution in [3.05, 3.63) is 89.0 Å². The second-order valence-corrected chi connectivity index (χ2v) is 11.8. The van der Waals surface area contributed by atoms with E-state index in [2.05, 4.69) is 5.32 Å². The van der Waals surface area contributed by atoms with Crippen molar-refractivity contribution < 1.29 is 18.0 Å². The van der Waals surface area contributed by atoms with Crippen LogP contribution in [0.2, 0.25) is 0 Å². The largest absolute Gasteiger partial charge is 0.339 e. The van der Waals surface area contributed by atoms with Crippen molar-refractivity contribution in [3.8, 4) is 0 Å². The van der Waals surface area contributed by atoms with E-state index in [-0.39, 0.29) is 10.8 Å². The summed E-state index contributed by atoms with van der Waals surface area (Å²) in [6.07, 6.45) is 4.13. The van der Waals surface area contributed by atoms with E-state index in [1.165, 1.54) is 0 Å². The number of likely N-dealkylation sites (tertiary alicyclic amines) is 1. The Balaban J connectivity index is 1.63. The number of benzene rings is 3. The van der Waals surface area contributed by atoms with Gasteiger partial charge in [-0.25, -0.2) is 8.42 Å². The van der Waals surface area contributed by atoms with E-state index in [0.29, 0.717) is 30.0 Å². The summed E-state index contributed by atoms with van der Waals surface area (Å²) in [6.45, 7) is 6.59. The summed E-state index contributed by atoms with van der Waals surface area (Å²) in [5.74, 6) is -0.655. The summed E-state index contributed by atoms with van der Waals surface area (Å²) in [6, 6.07) is 18.9. The number of aryl methyl sites for hydroxylation is 3. The zero-order valence-corrected chi connectivity index (χ0v) is 23.1. The van der Waals surface area contributed by atoms with Crippen molar-refractivity contribution in [1.29, 1.82) is 0 Å². The molecule has 38 heavy (non-hydrogen) atoms. The highest BCUT2D eigenvalue weighted by molar-refractivity contribution is 7.92. The van der Waals surface area contributed by atoms with Gasteiger partial charge in [0, 0.05) is 13.1 Å². The van der Waals surface area contributed by atoms with Crippen LogP contribution in [-0.4, -0.2) is 44.8 Å². The monoisotopic (exact) mass is 533 g/mol. The standard InChI is InChI=1S/C30H35N3O4S/c1-22-12-15-25(16-13-22)38(36,37)33(28-17-14-23(2)20-24(28)3)21-29(34)31-27-11-7-6-10-26(27)30(35)32-18-8-4-5-9-19-32/h6-7,10-17,20H,4-5,8-9,18-19,21H2,1-3H3,(H,31,34). The molecule has 0 aromatic heterocycles. The molecule has 4 rings (SSSR count). The van der Waals surface area contributed by atoms with Crippen LogP contribution in [0.25, 0.3) is 0 Å². The third-order valence-corrected chi connectivity index (χ3v) is 8.62. The number of rotatable bonds is 7. The topological polar surface area (TPSA) is 86.8 Å². The molecule has 8 heteroatoms. The van der Waals surface area contributed by atoms with Gasteiger partial charge in [0.25, 0.3) is 15.9 Å². The van der Waals surface area contributed by atoms with Gasteiger partial charge in [0.05, 0.1) is 21.8 Å². The van der Waals surface area contributed by atoms with Crippen LogP contribution in [0.15, 0.2) is 71.6 Å². The molecule has 1 aliphatic heterocycles. The van der Waals surface area contributed by atoms with E-state index in [1.54, 1.807) is 54.6 Å². The summed E-state index contributed by atoms with van der Waals surface area (Å²) >= 11 is 0. The smallest absolute Gasteiger partial charge is 0.264 e. The number of hydrogen-bond acceptors (Lipinski definition) is 4. The molecular formula is C30H35N3O4S. The van der Waals surface area contributed by atoms with Crippen molar-refractivity contribution in [2.75, 3.05) is 29.3 Å². The predicted molar refractivity (Wildman–Crippen MR) is 151 cm³/mol. The molecule has 1 fully saturated rings. The Labute approximate surface area is 225 Å². The van der Waals surface area contributed by atoms with E-state index < -0.39 is 22.5 Å². The number of nitrogens with zero attached hydrogens (tertiary/aromatic N) is 2. The minimum atomic E-state index is -4.04. The molecule has 0 atom stereocenters. The first kappa shape index (κ1) is 27.4. The number of sulfonamides is 1. The fraction of sp³-hybridized carbons (Fsp3) is 0.333. The van der Waals surface area contributed by atoms with Gasteiger partial charge in [0.2, 0.25) is 5.91 Å². The predicted octanol–water partition coefficient (Wildman–Crippen LogP) is 5.46. The Morgan fingerprint density at radius 3 is 2.13 bits per heavy atom. The molecule has 200 valence electrons. The van der Waals surface area contributed by atoms with Crippen molar-refractivity contribution in [1.82, 2.24) is 4.90 Å². The molecule has 1 N–H and O–H groups in total. The zero-order chi connectivity index (χ0) is 27.3. The number of anilines is 2. The highest BCUT2D eigenvalue weighted by Gasteiger charge is 2.29. The van der Waals surface area contributed by atoms with E-state index in [1.807, 2.05) is 37.8 Å². The summed E-state index contributed by atoms with van der Waals surface area (Å²) in [5, 5.41) is 2.82. The Morgan fingerprint density at radius 1 is 0.842 bits per heavy atom. The maximum Gasteiger partial charge on any atom is 0.264 e. The van der Waals surface area contributed by atoms with Crippen LogP contribution in [0.4, 0.5) is 11.4 Å². The highest BCUT2D eigenvalue weighted by atomic mass is 32.2. The van der Waals surface area contributed by atoms with Gasteiger partial charge in [0.15, 0.2) is 0 Å². The van der Waals surface area contributed by atoms with Gasteiger partial charge >= 0.3 is 0 Å². The lowest BCUT2D eigenvalue weighted by atomic mass is 10.1. The lowest BCUT2D eigenvalue weighted by Gasteiger charge is -2.26. The molecule has 0 unspecified atom stereocenters. The zero-order valence-electron chi connectivity index (χ0n) is 22.2. The fourth-order valence-corrected chi connectivity index (χ4v) is 6.25. The van der Waals surface area contributed by atoms with Gasteiger partial charge in [-0.2, -0.15) is 0 Å². The molecule has 2 amide bonds. The van der Waals surface area contributed by atoms with Crippen molar-refractivity contribution in [2.24, 2.45) is 0 Å². The minimum absolute atomic E-state index is 0.104. The van der Waals surface area contributed by atoms with Gasteiger partial charge in [0.1, 0.15) is 6.54 Å². The Morgan fingerprint density at radius 2 is 1.47 bits per heavy atom. The number of nitrogens with one attached hydrogen (secondary N) is 1. The summed E-state index contributed by atoms with van der Waals surface area (Å²) in [7, 11) is -4.04. The van der Waals surface area contributed by atoms with Crippen LogP contribution in [0, 0.1) is 20.8 Å². The van der Waals surface area contributed by atoms with E-state index in [4.69, 9.17) is 0 Å². The lowest BCUT2D eigenvalue weighted by molar-refractivity contribution is -0.114. The Hall–Kier alpha value is -3.65. The van der Waals surface area contributed by atoms with E-state index in [9.17, 15) is 18.0 Å². The molecule has 7 nitrogen and oxygen atoms in total. The lowest BCUT2D eigenvalue weighted by Crippen LogP contribution is -2.39. The first-order chi connectivity index (χ1) is 18.2. The molecule has 3 aromatic carbocycles. The third-order valence-electron chi connectivity index (χ3n) is 6.84. The second-order valence-electron chi connectivity index (χ2n) is 9.91. The van der Waals surface area contributed by atoms with Crippen LogP contribution < -0.4 is 9.62 Å². The average Bonchev–Trinajstić information content (AvgIpc) is 3.18. The van der Waals surface area contributed by atoms with Crippen LogP contribution >= 0.6 is 0 Å². The number of hydrogen-bond donors (Lipinski definition) is 1. The van der Waals surface area contributed by atoms with Crippen LogP contribution in [0.5, 0.6) is 0 Å². The molecule has 0 spiro atoms. The fourth-order valence-electron chi connectivity index (χ4n) is 4.77.